The maximum absolute atomic E-state index is 12.8. The quantitative estimate of drug-likeness (QED) is 0.574. The van der Waals surface area contributed by atoms with Crippen LogP contribution in [-0.2, 0) is 16.1 Å². The molecule has 11 heteroatoms. The lowest BCUT2D eigenvalue weighted by Gasteiger charge is -2.28. The molecule has 28 heavy (non-hydrogen) atoms. The minimum absolute atomic E-state index is 0.0452. The molecule has 1 aliphatic carbocycles. The third-order valence-electron chi connectivity index (χ3n) is 5.27. The van der Waals surface area contributed by atoms with Crippen LogP contribution < -0.4 is 11.1 Å². The Morgan fingerprint density at radius 3 is 2.93 bits per heavy atom. The average Bonchev–Trinajstić information content (AvgIpc) is 3.09. The van der Waals surface area contributed by atoms with Gasteiger partial charge in [-0.05, 0) is 52.9 Å². The number of aliphatic hydroxyl groups excluding tert-OH is 1. The predicted octanol–water partition coefficient (Wildman–Crippen LogP) is -0.759. The Labute approximate surface area is 165 Å². The van der Waals surface area contributed by atoms with Gasteiger partial charge in [0, 0.05) is 17.6 Å². The summed E-state index contributed by atoms with van der Waals surface area (Å²) in [5.74, 6) is -0.313. The van der Waals surface area contributed by atoms with Crippen molar-refractivity contribution in [1.82, 2.24) is 30.4 Å². The second-order valence-corrected chi connectivity index (χ2v) is 7.53. The Morgan fingerprint density at radius 1 is 1.39 bits per heavy atom. The van der Waals surface area contributed by atoms with Crippen molar-refractivity contribution in [2.75, 3.05) is 6.61 Å². The molecule has 1 saturated carbocycles. The molecule has 4 atom stereocenters. The molecule has 2 amide bonds. The molecule has 4 N–H and O–H groups in total. The number of halogens is 1. The number of amides is 2. The summed E-state index contributed by atoms with van der Waals surface area (Å²) in [6.07, 6.45) is 2.94. The van der Waals surface area contributed by atoms with Crippen LogP contribution in [0.1, 0.15) is 18.4 Å². The number of carbonyl (C=O) groups excluding carboxylic acids is 2. The van der Waals surface area contributed by atoms with Gasteiger partial charge in [-0.3, -0.25) is 9.59 Å². The third-order valence-corrected chi connectivity index (χ3v) is 5.50. The van der Waals surface area contributed by atoms with Crippen molar-refractivity contribution in [1.29, 1.82) is 0 Å². The number of aromatic nitrogens is 4. The van der Waals surface area contributed by atoms with E-state index < -0.39 is 18.7 Å². The zero-order valence-corrected chi connectivity index (χ0v) is 15.7. The van der Waals surface area contributed by atoms with Crippen molar-refractivity contribution in [3.05, 3.63) is 35.1 Å². The van der Waals surface area contributed by atoms with Crippen LogP contribution in [0.25, 0.3) is 5.69 Å². The number of benzene rings is 1. The first-order valence-corrected chi connectivity index (χ1v) is 9.35. The topological polar surface area (TPSA) is 139 Å². The monoisotopic (exact) mass is 405 g/mol. The summed E-state index contributed by atoms with van der Waals surface area (Å²) in [6, 6.07) is 3.67. The van der Waals surface area contributed by atoms with Gasteiger partial charge in [-0.2, -0.15) is 0 Å². The molecule has 2 fully saturated rings. The van der Waals surface area contributed by atoms with Crippen LogP contribution in [0.3, 0.4) is 0 Å². The van der Waals surface area contributed by atoms with E-state index in [4.69, 9.17) is 17.3 Å². The molecule has 2 aromatic rings. The molecule has 10 nitrogen and oxygen atoms in total. The molecule has 1 aromatic carbocycles. The minimum atomic E-state index is -1.01. The average molecular weight is 406 g/mol. The van der Waals surface area contributed by atoms with Crippen LogP contribution in [0.5, 0.6) is 0 Å². The Balaban J connectivity index is 1.48. The molecule has 0 spiro atoms. The van der Waals surface area contributed by atoms with Gasteiger partial charge in [0.1, 0.15) is 18.4 Å². The predicted molar refractivity (Wildman–Crippen MR) is 98.2 cm³/mol. The van der Waals surface area contributed by atoms with E-state index in [1.54, 1.807) is 23.1 Å². The molecular formula is C17H20ClN7O3. The van der Waals surface area contributed by atoms with E-state index in [9.17, 15) is 14.7 Å². The number of rotatable bonds is 6. The van der Waals surface area contributed by atoms with Crippen molar-refractivity contribution in [3.8, 4) is 5.69 Å². The van der Waals surface area contributed by atoms with Gasteiger partial charge in [0.25, 0.3) is 0 Å². The summed E-state index contributed by atoms with van der Waals surface area (Å²) < 4.78 is 1.48. The standard InChI is InChI=1S/C17H20ClN7O3/c18-11-1-2-13(24-8-21-22-23-24)10(3-11)6-20-16(27)15-5-9-4-14(9)25(15)17(28)12(19)7-26/h1-3,8-9,12,14-15,26H,4-7,19H2,(H,20,27)/t9-,12-,14-,15+/m1/s1. The fourth-order valence-electron chi connectivity index (χ4n) is 3.77. The van der Waals surface area contributed by atoms with E-state index in [2.05, 4.69) is 20.8 Å². The first kappa shape index (κ1) is 18.8. The molecule has 148 valence electrons. The maximum Gasteiger partial charge on any atom is 0.243 e. The van der Waals surface area contributed by atoms with Crippen LogP contribution in [0.2, 0.25) is 5.02 Å². The van der Waals surface area contributed by atoms with Crippen LogP contribution in [0.15, 0.2) is 24.5 Å². The largest absolute Gasteiger partial charge is 0.394 e. The van der Waals surface area contributed by atoms with Gasteiger partial charge < -0.3 is 21.1 Å². The van der Waals surface area contributed by atoms with Crippen molar-refractivity contribution < 1.29 is 14.7 Å². The van der Waals surface area contributed by atoms with Crippen LogP contribution in [0.4, 0.5) is 0 Å². The minimum Gasteiger partial charge on any atom is -0.394 e. The molecular weight excluding hydrogens is 386 g/mol. The Hall–Kier alpha value is -2.56. The molecule has 0 bridgehead atoms. The van der Waals surface area contributed by atoms with Gasteiger partial charge in [0.05, 0.1) is 12.3 Å². The number of carbonyl (C=O) groups is 2. The molecule has 2 heterocycles. The van der Waals surface area contributed by atoms with E-state index in [1.165, 1.54) is 11.0 Å². The highest BCUT2D eigenvalue weighted by molar-refractivity contribution is 6.30. The van der Waals surface area contributed by atoms with Gasteiger partial charge in [0.2, 0.25) is 11.8 Å². The lowest BCUT2D eigenvalue weighted by atomic mass is 10.1. The summed E-state index contributed by atoms with van der Waals surface area (Å²) in [7, 11) is 0. The summed E-state index contributed by atoms with van der Waals surface area (Å²) in [4.78, 5) is 26.8. The highest BCUT2D eigenvalue weighted by Crippen LogP contribution is 2.48. The third kappa shape index (κ3) is 3.46. The number of hydrogen-bond donors (Lipinski definition) is 3. The molecule has 2 aliphatic rings. The first-order chi connectivity index (χ1) is 13.5. The number of fused-ring (bicyclic) bond motifs is 1. The van der Waals surface area contributed by atoms with E-state index >= 15 is 0 Å². The maximum atomic E-state index is 12.8. The van der Waals surface area contributed by atoms with Gasteiger partial charge >= 0.3 is 0 Å². The number of aliphatic hydroxyl groups is 1. The number of tetrazole rings is 1. The smallest absolute Gasteiger partial charge is 0.243 e. The Bertz CT molecular complexity index is 891. The first-order valence-electron chi connectivity index (χ1n) is 8.97. The lowest BCUT2D eigenvalue weighted by Crippen LogP contribution is -2.53. The number of nitrogens with two attached hydrogens (primary N) is 1. The zero-order valence-electron chi connectivity index (χ0n) is 14.9. The SMILES string of the molecule is N[C@H](CO)C(=O)N1[C@@H]2C[C@@H]2C[C@H]1C(=O)NCc1cc(Cl)ccc1-n1cnnn1. The second-order valence-electron chi connectivity index (χ2n) is 7.09. The Morgan fingerprint density at radius 2 is 2.21 bits per heavy atom. The Kier molecular flexibility index (Phi) is 5.00. The number of hydrogen-bond acceptors (Lipinski definition) is 7. The van der Waals surface area contributed by atoms with Gasteiger partial charge in [-0.1, -0.05) is 11.6 Å². The molecule has 0 radical (unpaired) electrons. The van der Waals surface area contributed by atoms with Gasteiger partial charge in [-0.25, -0.2) is 4.68 Å². The highest BCUT2D eigenvalue weighted by atomic mass is 35.5. The van der Waals surface area contributed by atoms with Crippen molar-refractivity contribution in [3.63, 3.8) is 0 Å². The van der Waals surface area contributed by atoms with Gasteiger partial charge in [0.15, 0.2) is 0 Å². The number of piperidine rings is 1. The summed E-state index contributed by atoms with van der Waals surface area (Å²) in [5.41, 5.74) is 7.12. The summed E-state index contributed by atoms with van der Waals surface area (Å²) >= 11 is 6.10. The normalized spacial score (nSPS) is 24.0. The van der Waals surface area contributed by atoms with E-state index in [0.29, 0.717) is 23.0 Å². The molecule has 1 saturated heterocycles. The van der Waals surface area contributed by atoms with Crippen molar-refractivity contribution >= 4 is 23.4 Å². The summed E-state index contributed by atoms with van der Waals surface area (Å²) in [5, 5.41) is 23.7. The number of nitrogens with zero attached hydrogens (tertiary/aromatic N) is 5. The fourth-order valence-corrected chi connectivity index (χ4v) is 3.96. The summed E-state index contributed by atoms with van der Waals surface area (Å²) in [6.45, 7) is -0.243. The molecule has 0 unspecified atom stereocenters. The second kappa shape index (κ2) is 7.46. The molecule has 1 aromatic heterocycles. The number of likely N-dealkylation sites (tertiary alicyclic amines) is 1. The van der Waals surface area contributed by atoms with E-state index in [-0.39, 0.29) is 24.4 Å². The fraction of sp³-hybridized carbons (Fsp3) is 0.471. The number of nitrogens with one attached hydrogen (secondary N) is 1. The van der Waals surface area contributed by atoms with Gasteiger partial charge in [-0.15, -0.1) is 5.10 Å². The molecule has 4 rings (SSSR count). The lowest BCUT2D eigenvalue weighted by molar-refractivity contribution is -0.141. The van der Waals surface area contributed by atoms with Crippen molar-refractivity contribution in [2.24, 2.45) is 11.7 Å². The highest BCUT2D eigenvalue weighted by Gasteiger charge is 2.56. The molecule has 1 aliphatic heterocycles. The van der Waals surface area contributed by atoms with Crippen LogP contribution in [-0.4, -0.2) is 66.8 Å². The van der Waals surface area contributed by atoms with E-state index in [1.807, 2.05) is 0 Å². The van der Waals surface area contributed by atoms with E-state index in [0.717, 1.165) is 12.0 Å². The zero-order chi connectivity index (χ0) is 19.8. The van der Waals surface area contributed by atoms with Crippen LogP contribution in [0, 0.1) is 5.92 Å². The van der Waals surface area contributed by atoms with Crippen molar-refractivity contribution in [2.45, 2.75) is 37.5 Å². The van der Waals surface area contributed by atoms with Crippen LogP contribution >= 0.6 is 11.6 Å².